The number of anilines is 2. The average molecular weight is 422 g/mol. The second-order valence-electron chi connectivity index (χ2n) is 5.76. The predicted molar refractivity (Wildman–Crippen MR) is 103 cm³/mol. The number of hydrogen-bond donors (Lipinski definition) is 4. The van der Waals surface area contributed by atoms with Crippen molar-refractivity contribution in [1.82, 2.24) is 0 Å². The summed E-state index contributed by atoms with van der Waals surface area (Å²) in [6, 6.07) is 10.6. The standard InChI is InChI=1S/C16H14N4O6S2/c17-9-1-3-10(4-2-9)19-20-16-13-7-11(27(21,22)23)8-15(28(24,25)26)12(13)5-6-14(16)18/h1-8H,17-18H2,(H,21,22,23)(H,24,25,26)/b20-19+. The van der Waals surface area contributed by atoms with Crippen molar-refractivity contribution < 1.29 is 25.9 Å². The van der Waals surface area contributed by atoms with Crippen LogP contribution < -0.4 is 11.5 Å². The summed E-state index contributed by atoms with van der Waals surface area (Å²) >= 11 is 0. The molecule has 146 valence electrons. The number of fused-ring (bicyclic) bond motifs is 1. The molecular formula is C16H14N4O6S2. The Bertz CT molecular complexity index is 1320. The maximum atomic E-state index is 11.7. The summed E-state index contributed by atoms with van der Waals surface area (Å²) in [6.07, 6.45) is 0. The zero-order valence-corrected chi connectivity index (χ0v) is 15.6. The molecule has 0 aliphatic rings. The second kappa shape index (κ2) is 6.83. The van der Waals surface area contributed by atoms with Crippen LogP contribution >= 0.6 is 0 Å². The molecule has 0 spiro atoms. The Hall–Kier alpha value is -3.06. The van der Waals surface area contributed by atoms with Gasteiger partial charge in [0.05, 0.1) is 16.3 Å². The van der Waals surface area contributed by atoms with E-state index in [4.69, 9.17) is 11.5 Å². The summed E-state index contributed by atoms with van der Waals surface area (Å²) in [6.45, 7) is 0. The van der Waals surface area contributed by atoms with Crippen molar-refractivity contribution in [1.29, 1.82) is 0 Å². The molecule has 0 aliphatic carbocycles. The van der Waals surface area contributed by atoms with E-state index in [2.05, 4.69) is 10.2 Å². The third kappa shape index (κ3) is 3.94. The molecule has 10 nitrogen and oxygen atoms in total. The molecule has 28 heavy (non-hydrogen) atoms. The lowest BCUT2D eigenvalue weighted by molar-refractivity contribution is 0.482. The SMILES string of the molecule is Nc1ccc(/N=N/c2c(N)ccc3c(S(=O)(=O)O)cc(S(=O)(=O)O)cc23)cc1. The molecule has 0 bridgehead atoms. The number of azo groups is 1. The summed E-state index contributed by atoms with van der Waals surface area (Å²) in [7, 11) is -9.60. The van der Waals surface area contributed by atoms with Gasteiger partial charge in [0.1, 0.15) is 10.6 Å². The van der Waals surface area contributed by atoms with Crippen molar-refractivity contribution in [2.24, 2.45) is 10.2 Å². The van der Waals surface area contributed by atoms with E-state index in [9.17, 15) is 25.9 Å². The minimum absolute atomic E-state index is 0.0373. The van der Waals surface area contributed by atoms with Crippen molar-refractivity contribution >= 4 is 53.8 Å². The largest absolute Gasteiger partial charge is 0.399 e. The molecule has 0 aliphatic heterocycles. The number of hydrogen-bond acceptors (Lipinski definition) is 8. The molecule has 0 atom stereocenters. The lowest BCUT2D eigenvalue weighted by Gasteiger charge is -2.10. The van der Waals surface area contributed by atoms with Gasteiger partial charge in [-0.05, 0) is 42.5 Å². The first-order valence-electron chi connectivity index (χ1n) is 7.55. The molecule has 0 amide bonds. The number of rotatable bonds is 4. The van der Waals surface area contributed by atoms with Crippen LogP contribution in [0.2, 0.25) is 0 Å². The molecule has 0 saturated carbocycles. The van der Waals surface area contributed by atoms with E-state index in [-0.39, 0.29) is 22.1 Å². The van der Waals surface area contributed by atoms with Gasteiger partial charge in [-0.1, -0.05) is 6.07 Å². The summed E-state index contributed by atoms with van der Waals surface area (Å²) in [4.78, 5) is -1.47. The minimum atomic E-state index is -4.82. The van der Waals surface area contributed by atoms with Crippen LogP contribution in [0.5, 0.6) is 0 Å². The van der Waals surface area contributed by atoms with Crippen molar-refractivity contribution in [2.45, 2.75) is 9.79 Å². The van der Waals surface area contributed by atoms with Gasteiger partial charge >= 0.3 is 0 Å². The second-order valence-corrected chi connectivity index (χ2v) is 8.57. The summed E-state index contributed by atoms with van der Waals surface area (Å²) in [5.41, 5.74) is 12.4. The zero-order chi connectivity index (χ0) is 20.7. The Kier molecular flexibility index (Phi) is 4.81. The Morgan fingerprint density at radius 1 is 0.750 bits per heavy atom. The Labute approximate surface area is 160 Å². The molecule has 3 rings (SSSR count). The van der Waals surface area contributed by atoms with Crippen LogP contribution in [0.4, 0.5) is 22.7 Å². The topological polar surface area (TPSA) is 185 Å². The van der Waals surface area contributed by atoms with Gasteiger partial charge in [0.2, 0.25) is 0 Å². The van der Waals surface area contributed by atoms with Crippen molar-refractivity contribution in [3.8, 4) is 0 Å². The van der Waals surface area contributed by atoms with Crippen LogP contribution in [0.1, 0.15) is 0 Å². The molecule has 0 heterocycles. The quantitative estimate of drug-likeness (QED) is 0.281. The van der Waals surface area contributed by atoms with Crippen LogP contribution in [-0.2, 0) is 20.2 Å². The third-order valence-electron chi connectivity index (χ3n) is 3.81. The van der Waals surface area contributed by atoms with Crippen LogP contribution in [0.15, 0.2) is 68.6 Å². The first-order valence-corrected chi connectivity index (χ1v) is 10.4. The Balaban J connectivity index is 2.33. The summed E-state index contributed by atoms with van der Waals surface area (Å²) < 4.78 is 65.3. The van der Waals surface area contributed by atoms with Crippen molar-refractivity contribution in [2.75, 3.05) is 11.5 Å². The Morgan fingerprint density at radius 2 is 1.39 bits per heavy atom. The van der Waals surface area contributed by atoms with E-state index < -0.39 is 30.0 Å². The number of nitrogen functional groups attached to an aromatic ring is 2. The van der Waals surface area contributed by atoms with Crippen LogP contribution in [0, 0.1) is 0 Å². The van der Waals surface area contributed by atoms with Gasteiger partial charge < -0.3 is 11.5 Å². The van der Waals surface area contributed by atoms with E-state index in [0.29, 0.717) is 17.4 Å². The fraction of sp³-hybridized carbons (Fsp3) is 0. The van der Waals surface area contributed by atoms with Crippen LogP contribution in [0.3, 0.4) is 0 Å². The molecule has 0 fully saturated rings. The molecule has 0 radical (unpaired) electrons. The van der Waals surface area contributed by atoms with E-state index in [1.165, 1.54) is 12.1 Å². The molecule has 0 unspecified atom stereocenters. The van der Waals surface area contributed by atoms with Crippen molar-refractivity contribution in [3.05, 3.63) is 48.5 Å². The minimum Gasteiger partial charge on any atom is -0.399 e. The fourth-order valence-electron chi connectivity index (χ4n) is 2.50. The smallest absolute Gasteiger partial charge is 0.295 e. The molecule has 0 aromatic heterocycles. The predicted octanol–water partition coefficient (Wildman–Crippen LogP) is 2.91. The first kappa shape index (κ1) is 19.7. The van der Waals surface area contributed by atoms with Gasteiger partial charge in [0.15, 0.2) is 0 Å². The normalized spacial score (nSPS) is 12.6. The van der Waals surface area contributed by atoms with E-state index in [1.54, 1.807) is 24.3 Å². The van der Waals surface area contributed by atoms with E-state index in [1.807, 2.05) is 0 Å². The lowest BCUT2D eigenvalue weighted by Crippen LogP contribution is -2.04. The maximum Gasteiger partial charge on any atom is 0.295 e. The fourth-order valence-corrected chi connectivity index (χ4v) is 3.84. The van der Waals surface area contributed by atoms with Gasteiger partial charge in [-0.3, -0.25) is 9.11 Å². The van der Waals surface area contributed by atoms with Crippen molar-refractivity contribution in [3.63, 3.8) is 0 Å². The number of benzene rings is 3. The van der Waals surface area contributed by atoms with Crippen LogP contribution in [0.25, 0.3) is 10.8 Å². The molecular weight excluding hydrogens is 408 g/mol. The highest BCUT2D eigenvalue weighted by Gasteiger charge is 2.22. The van der Waals surface area contributed by atoms with Gasteiger partial charge in [0, 0.05) is 16.5 Å². The number of nitrogens with zero attached hydrogens (tertiary/aromatic N) is 2. The summed E-state index contributed by atoms with van der Waals surface area (Å²) in [5, 5.41) is 7.88. The highest BCUT2D eigenvalue weighted by molar-refractivity contribution is 7.86. The van der Waals surface area contributed by atoms with E-state index in [0.717, 1.165) is 6.07 Å². The summed E-state index contributed by atoms with van der Waals surface area (Å²) in [5.74, 6) is 0. The first-order chi connectivity index (χ1) is 13.0. The van der Waals surface area contributed by atoms with Gasteiger partial charge in [-0.2, -0.15) is 21.9 Å². The molecule has 0 saturated heterocycles. The van der Waals surface area contributed by atoms with Gasteiger partial charge in [0.25, 0.3) is 20.2 Å². The third-order valence-corrected chi connectivity index (χ3v) is 5.53. The average Bonchev–Trinajstić information content (AvgIpc) is 2.59. The maximum absolute atomic E-state index is 11.7. The lowest BCUT2D eigenvalue weighted by atomic mass is 10.1. The molecule has 12 heteroatoms. The monoisotopic (exact) mass is 422 g/mol. The molecule has 6 N–H and O–H groups in total. The number of nitrogens with two attached hydrogens (primary N) is 2. The Morgan fingerprint density at radius 3 is 1.96 bits per heavy atom. The highest BCUT2D eigenvalue weighted by Crippen LogP contribution is 2.38. The zero-order valence-electron chi connectivity index (χ0n) is 14.0. The highest BCUT2D eigenvalue weighted by atomic mass is 32.2. The van der Waals surface area contributed by atoms with Crippen LogP contribution in [-0.4, -0.2) is 25.9 Å². The molecule has 3 aromatic rings. The van der Waals surface area contributed by atoms with Gasteiger partial charge in [-0.15, -0.1) is 5.11 Å². The van der Waals surface area contributed by atoms with Gasteiger partial charge in [-0.25, -0.2) is 0 Å². The van der Waals surface area contributed by atoms with E-state index >= 15 is 0 Å². The molecule has 3 aromatic carbocycles.